The maximum atomic E-state index is 12.2. The number of pyridine rings is 1. The van der Waals surface area contributed by atoms with E-state index in [2.05, 4.69) is 4.98 Å². The Hall–Kier alpha value is -2.89. The van der Waals surface area contributed by atoms with Crippen LogP contribution in [0.5, 0.6) is 11.5 Å². The molecular formula is C17H17NO5. The molecule has 1 heterocycles. The first-order valence-electron chi connectivity index (χ1n) is 6.94. The fourth-order valence-corrected chi connectivity index (χ4v) is 1.81. The van der Waals surface area contributed by atoms with Crippen molar-refractivity contribution in [2.75, 3.05) is 7.11 Å². The third kappa shape index (κ3) is 4.54. The van der Waals surface area contributed by atoms with Gasteiger partial charge in [-0.25, -0.2) is 4.79 Å². The van der Waals surface area contributed by atoms with E-state index >= 15 is 0 Å². The van der Waals surface area contributed by atoms with E-state index in [0.29, 0.717) is 28.3 Å². The van der Waals surface area contributed by atoms with E-state index in [-0.39, 0.29) is 12.6 Å². The van der Waals surface area contributed by atoms with Crippen molar-refractivity contribution < 1.29 is 23.8 Å². The van der Waals surface area contributed by atoms with Crippen LogP contribution in [0.3, 0.4) is 0 Å². The van der Waals surface area contributed by atoms with Crippen LogP contribution in [0.1, 0.15) is 28.5 Å². The van der Waals surface area contributed by atoms with Gasteiger partial charge in [-0.05, 0) is 37.3 Å². The van der Waals surface area contributed by atoms with Gasteiger partial charge in [0.05, 0.1) is 18.4 Å². The molecule has 0 aliphatic rings. The number of hydrogen-bond donors (Lipinski definition) is 0. The molecule has 0 spiro atoms. The maximum Gasteiger partial charge on any atom is 0.343 e. The third-order valence-corrected chi connectivity index (χ3v) is 3.07. The van der Waals surface area contributed by atoms with E-state index in [1.807, 2.05) is 0 Å². The average molecular weight is 315 g/mol. The Labute approximate surface area is 134 Å². The maximum absolute atomic E-state index is 12.2. The van der Waals surface area contributed by atoms with Crippen LogP contribution in [-0.4, -0.2) is 24.0 Å². The molecular weight excluding hydrogens is 298 g/mol. The molecule has 0 aliphatic heterocycles. The second-order valence-corrected chi connectivity index (χ2v) is 4.83. The Morgan fingerprint density at radius 2 is 1.87 bits per heavy atom. The van der Waals surface area contributed by atoms with Gasteiger partial charge in [0.1, 0.15) is 12.4 Å². The lowest BCUT2D eigenvalue weighted by atomic mass is 10.2. The summed E-state index contributed by atoms with van der Waals surface area (Å²) in [6.07, 6.45) is 1.57. The molecule has 0 aliphatic carbocycles. The second-order valence-electron chi connectivity index (χ2n) is 4.83. The molecule has 0 radical (unpaired) electrons. The van der Waals surface area contributed by atoms with Crippen molar-refractivity contribution in [1.82, 2.24) is 4.98 Å². The van der Waals surface area contributed by atoms with Gasteiger partial charge in [0.2, 0.25) is 0 Å². The number of aryl methyl sites for hydroxylation is 1. The van der Waals surface area contributed by atoms with Crippen molar-refractivity contribution in [3.05, 3.63) is 53.3 Å². The van der Waals surface area contributed by atoms with Crippen LogP contribution in [0, 0.1) is 6.92 Å². The van der Waals surface area contributed by atoms with Crippen molar-refractivity contribution >= 4 is 11.9 Å². The quantitative estimate of drug-likeness (QED) is 0.790. The highest BCUT2D eigenvalue weighted by molar-refractivity contribution is 5.91. The Morgan fingerprint density at radius 3 is 2.48 bits per heavy atom. The normalized spacial score (nSPS) is 10.0. The lowest BCUT2D eigenvalue weighted by Gasteiger charge is -2.09. The number of esters is 2. The van der Waals surface area contributed by atoms with Gasteiger partial charge in [-0.1, -0.05) is 0 Å². The van der Waals surface area contributed by atoms with E-state index in [9.17, 15) is 9.59 Å². The summed E-state index contributed by atoms with van der Waals surface area (Å²) in [4.78, 5) is 27.2. The zero-order valence-electron chi connectivity index (χ0n) is 13.2. The van der Waals surface area contributed by atoms with Crippen LogP contribution in [-0.2, 0) is 16.1 Å². The van der Waals surface area contributed by atoms with Crippen LogP contribution < -0.4 is 9.47 Å². The summed E-state index contributed by atoms with van der Waals surface area (Å²) in [6, 6.07) is 8.23. The Bertz CT molecular complexity index is 709. The molecule has 23 heavy (non-hydrogen) atoms. The molecule has 1 aromatic carbocycles. The molecule has 0 atom stereocenters. The van der Waals surface area contributed by atoms with Gasteiger partial charge in [-0.2, -0.15) is 0 Å². The monoisotopic (exact) mass is 315 g/mol. The number of hydrogen-bond acceptors (Lipinski definition) is 6. The first-order chi connectivity index (χ1) is 11.0. The number of carbonyl (C=O) groups excluding carboxylic acids is 2. The molecule has 0 unspecified atom stereocenters. The van der Waals surface area contributed by atoms with Gasteiger partial charge in [0.25, 0.3) is 0 Å². The number of ether oxygens (including phenoxy) is 3. The first kappa shape index (κ1) is 16.5. The van der Waals surface area contributed by atoms with Crippen LogP contribution in [0.15, 0.2) is 36.5 Å². The molecule has 0 fully saturated rings. The van der Waals surface area contributed by atoms with Gasteiger partial charge in [0.15, 0.2) is 5.75 Å². The van der Waals surface area contributed by atoms with Gasteiger partial charge in [-0.15, -0.1) is 0 Å². The SMILES string of the molecule is COc1ccc(C(=O)Oc2cc(COC(C)=O)cnc2C)cc1. The smallest absolute Gasteiger partial charge is 0.343 e. The Morgan fingerprint density at radius 1 is 1.17 bits per heavy atom. The minimum absolute atomic E-state index is 0.0791. The number of methoxy groups -OCH3 is 1. The molecule has 0 bridgehead atoms. The largest absolute Gasteiger partial charge is 0.497 e. The van der Waals surface area contributed by atoms with Crippen molar-refractivity contribution in [3.63, 3.8) is 0 Å². The third-order valence-electron chi connectivity index (χ3n) is 3.07. The highest BCUT2D eigenvalue weighted by Crippen LogP contribution is 2.20. The number of nitrogens with zero attached hydrogens (tertiary/aromatic N) is 1. The minimum Gasteiger partial charge on any atom is -0.497 e. The summed E-state index contributed by atoms with van der Waals surface area (Å²) in [6.45, 7) is 3.13. The highest BCUT2D eigenvalue weighted by atomic mass is 16.5. The van der Waals surface area contributed by atoms with Crippen molar-refractivity contribution in [1.29, 1.82) is 0 Å². The van der Waals surface area contributed by atoms with E-state index in [0.717, 1.165) is 0 Å². The molecule has 0 N–H and O–H groups in total. The molecule has 2 rings (SSSR count). The molecule has 6 heteroatoms. The topological polar surface area (TPSA) is 74.7 Å². The van der Waals surface area contributed by atoms with Crippen molar-refractivity contribution in [2.24, 2.45) is 0 Å². The summed E-state index contributed by atoms with van der Waals surface area (Å²) in [7, 11) is 1.55. The fraction of sp³-hybridized carbons (Fsp3) is 0.235. The lowest BCUT2D eigenvalue weighted by Crippen LogP contribution is -2.10. The van der Waals surface area contributed by atoms with E-state index in [1.54, 1.807) is 50.6 Å². The molecule has 1 aromatic heterocycles. The van der Waals surface area contributed by atoms with Crippen LogP contribution in [0.2, 0.25) is 0 Å². The van der Waals surface area contributed by atoms with Gasteiger partial charge in [-0.3, -0.25) is 9.78 Å². The van der Waals surface area contributed by atoms with E-state index in [1.165, 1.54) is 6.92 Å². The average Bonchev–Trinajstić information content (AvgIpc) is 2.55. The summed E-state index contributed by atoms with van der Waals surface area (Å²) >= 11 is 0. The second kappa shape index (κ2) is 7.40. The van der Waals surface area contributed by atoms with E-state index in [4.69, 9.17) is 14.2 Å². The number of carbonyl (C=O) groups is 2. The van der Waals surface area contributed by atoms with E-state index < -0.39 is 5.97 Å². The molecule has 0 saturated carbocycles. The van der Waals surface area contributed by atoms with Crippen LogP contribution in [0.25, 0.3) is 0 Å². The zero-order chi connectivity index (χ0) is 16.8. The molecule has 6 nitrogen and oxygen atoms in total. The number of aromatic nitrogens is 1. The van der Waals surface area contributed by atoms with Crippen molar-refractivity contribution in [3.8, 4) is 11.5 Å². The Balaban J connectivity index is 2.12. The molecule has 120 valence electrons. The first-order valence-corrected chi connectivity index (χ1v) is 6.94. The van der Waals surface area contributed by atoms with Gasteiger partial charge < -0.3 is 14.2 Å². The summed E-state index contributed by atoms with van der Waals surface area (Å²) in [5, 5.41) is 0. The van der Waals surface area contributed by atoms with Crippen LogP contribution >= 0.6 is 0 Å². The van der Waals surface area contributed by atoms with Crippen LogP contribution in [0.4, 0.5) is 0 Å². The predicted octanol–water partition coefficient (Wildman–Crippen LogP) is 2.68. The predicted molar refractivity (Wildman–Crippen MR) is 82.4 cm³/mol. The molecule has 0 saturated heterocycles. The van der Waals surface area contributed by atoms with Gasteiger partial charge >= 0.3 is 11.9 Å². The lowest BCUT2D eigenvalue weighted by molar-refractivity contribution is -0.142. The standard InChI is InChI=1S/C17H17NO5/c1-11-16(8-13(9-18-11)10-22-12(2)19)23-17(20)14-4-6-15(21-3)7-5-14/h4-9H,10H2,1-3H3. The fourth-order valence-electron chi connectivity index (χ4n) is 1.81. The van der Waals surface area contributed by atoms with Gasteiger partial charge in [0, 0.05) is 18.7 Å². The number of rotatable bonds is 5. The highest BCUT2D eigenvalue weighted by Gasteiger charge is 2.12. The molecule has 2 aromatic rings. The zero-order valence-corrected chi connectivity index (χ0v) is 13.2. The minimum atomic E-state index is -0.498. The van der Waals surface area contributed by atoms with Crippen molar-refractivity contribution in [2.45, 2.75) is 20.5 Å². The molecule has 0 amide bonds. The number of benzene rings is 1. The summed E-state index contributed by atoms with van der Waals surface area (Å²) in [5.74, 6) is 0.0998. The summed E-state index contributed by atoms with van der Waals surface area (Å²) < 4.78 is 15.3. The summed E-state index contributed by atoms with van der Waals surface area (Å²) in [5.41, 5.74) is 1.61. The Kier molecular flexibility index (Phi) is 5.30.